The van der Waals surface area contributed by atoms with Crippen LogP contribution in [0.25, 0.3) is 11.0 Å². The summed E-state index contributed by atoms with van der Waals surface area (Å²) < 4.78 is 7.45. The van der Waals surface area contributed by atoms with Gasteiger partial charge < -0.3 is 9.73 Å². The topological polar surface area (TPSA) is 25.2 Å². The minimum atomic E-state index is -0.0216. The maximum atomic E-state index is 6.22. The van der Waals surface area contributed by atoms with Crippen molar-refractivity contribution in [2.24, 2.45) is 5.92 Å². The van der Waals surface area contributed by atoms with Gasteiger partial charge in [0.05, 0.1) is 5.54 Å². The average molecular weight is 369 g/mol. The Morgan fingerprint density at radius 1 is 1.42 bits per heavy atom. The molecule has 0 spiro atoms. The van der Waals surface area contributed by atoms with Crippen molar-refractivity contribution in [2.75, 3.05) is 6.54 Å². The predicted molar refractivity (Wildman–Crippen MR) is 87.4 cm³/mol. The van der Waals surface area contributed by atoms with E-state index in [0.29, 0.717) is 5.92 Å². The highest BCUT2D eigenvalue weighted by atomic mass is 127. The smallest absolute Gasteiger partial charge is 0.135 e. The van der Waals surface area contributed by atoms with Crippen LogP contribution in [0.1, 0.15) is 38.5 Å². The van der Waals surface area contributed by atoms with Gasteiger partial charge in [0.15, 0.2) is 0 Å². The standard InChI is InChI=1S/C16H20INO/c1-10(2)9-16(3)15-13(6-7-18-16)12-5-4-11(17)8-14(12)19-15/h4-5,8,10,18H,6-7,9H2,1-3H3. The van der Waals surface area contributed by atoms with Gasteiger partial charge in [0, 0.05) is 21.1 Å². The average Bonchev–Trinajstić information content (AvgIpc) is 2.67. The molecule has 2 aromatic rings. The van der Waals surface area contributed by atoms with Crippen LogP contribution in [0.15, 0.2) is 22.6 Å². The molecule has 0 amide bonds. The number of fused-ring (bicyclic) bond motifs is 3. The van der Waals surface area contributed by atoms with Crippen molar-refractivity contribution in [1.29, 1.82) is 0 Å². The fourth-order valence-corrected chi connectivity index (χ4v) is 3.81. The summed E-state index contributed by atoms with van der Waals surface area (Å²) >= 11 is 2.34. The lowest BCUT2D eigenvalue weighted by Crippen LogP contribution is -2.45. The molecule has 0 bridgehead atoms. The lowest BCUT2D eigenvalue weighted by Gasteiger charge is -2.35. The first-order valence-corrected chi connectivity index (χ1v) is 8.04. The number of hydrogen-bond donors (Lipinski definition) is 1. The first kappa shape index (κ1) is 13.4. The SMILES string of the molecule is CC(C)CC1(C)NCCc2c1oc1cc(I)ccc21. The maximum Gasteiger partial charge on any atom is 0.135 e. The van der Waals surface area contributed by atoms with Crippen LogP contribution in [0, 0.1) is 9.49 Å². The van der Waals surface area contributed by atoms with Crippen LogP contribution in [-0.4, -0.2) is 6.54 Å². The van der Waals surface area contributed by atoms with Gasteiger partial charge in [0.2, 0.25) is 0 Å². The molecule has 2 nitrogen and oxygen atoms in total. The summed E-state index contributed by atoms with van der Waals surface area (Å²) in [6.07, 6.45) is 2.17. The van der Waals surface area contributed by atoms with Gasteiger partial charge in [-0.1, -0.05) is 13.8 Å². The molecule has 1 atom stereocenters. The zero-order chi connectivity index (χ0) is 13.6. The lowest BCUT2D eigenvalue weighted by molar-refractivity contribution is 0.238. The van der Waals surface area contributed by atoms with Gasteiger partial charge in [0.1, 0.15) is 11.3 Å². The molecule has 0 radical (unpaired) electrons. The van der Waals surface area contributed by atoms with Crippen LogP contribution in [0.4, 0.5) is 0 Å². The number of nitrogens with one attached hydrogen (secondary N) is 1. The maximum absolute atomic E-state index is 6.22. The van der Waals surface area contributed by atoms with Gasteiger partial charge in [-0.3, -0.25) is 0 Å². The number of benzene rings is 1. The van der Waals surface area contributed by atoms with E-state index >= 15 is 0 Å². The highest BCUT2D eigenvalue weighted by Gasteiger charge is 2.36. The third-order valence-corrected chi connectivity index (χ3v) is 4.63. The Kier molecular flexibility index (Phi) is 3.38. The van der Waals surface area contributed by atoms with E-state index in [2.05, 4.69) is 66.9 Å². The molecule has 1 aliphatic heterocycles. The van der Waals surface area contributed by atoms with Crippen molar-refractivity contribution in [1.82, 2.24) is 5.32 Å². The number of hydrogen-bond acceptors (Lipinski definition) is 2. The Morgan fingerprint density at radius 2 is 2.21 bits per heavy atom. The summed E-state index contributed by atoms with van der Waals surface area (Å²) in [6, 6.07) is 6.52. The second-order valence-corrected chi connectivity index (χ2v) is 7.40. The number of halogens is 1. The molecule has 0 fully saturated rings. The molecule has 1 unspecified atom stereocenters. The van der Waals surface area contributed by atoms with Gasteiger partial charge in [-0.05, 0) is 66.5 Å². The van der Waals surface area contributed by atoms with Crippen LogP contribution in [0.2, 0.25) is 0 Å². The van der Waals surface area contributed by atoms with Gasteiger partial charge in [-0.2, -0.15) is 0 Å². The molecule has 1 aromatic heterocycles. The molecule has 1 aromatic carbocycles. The third-order valence-electron chi connectivity index (χ3n) is 3.96. The van der Waals surface area contributed by atoms with E-state index in [4.69, 9.17) is 4.42 Å². The molecule has 2 heterocycles. The Bertz CT molecular complexity index is 616. The molecule has 19 heavy (non-hydrogen) atoms. The van der Waals surface area contributed by atoms with Gasteiger partial charge in [0.25, 0.3) is 0 Å². The minimum absolute atomic E-state index is 0.0216. The molecule has 0 aliphatic carbocycles. The predicted octanol–water partition coefficient (Wildman–Crippen LogP) is 4.44. The van der Waals surface area contributed by atoms with Crippen molar-refractivity contribution in [2.45, 2.75) is 39.2 Å². The number of rotatable bonds is 2. The van der Waals surface area contributed by atoms with Crippen LogP contribution < -0.4 is 5.32 Å². The summed E-state index contributed by atoms with van der Waals surface area (Å²) in [6.45, 7) is 7.86. The highest BCUT2D eigenvalue weighted by molar-refractivity contribution is 14.1. The van der Waals surface area contributed by atoms with E-state index in [1.54, 1.807) is 0 Å². The lowest BCUT2D eigenvalue weighted by atomic mass is 9.83. The van der Waals surface area contributed by atoms with E-state index in [9.17, 15) is 0 Å². The van der Waals surface area contributed by atoms with Crippen molar-refractivity contribution in [3.63, 3.8) is 0 Å². The van der Waals surface area contributed by atoms with Crippen LogP contribution in [0.5, 0.6) is 0 Å². The first-order chi connectivity index (χ1) is 8.99. The molecule has 0 saturated heterocycles. The second kappa shape index (κ2) is 4.77. The van der Waals surface area contributed by atoms with Crippen LogP contribution in [-0.2, 0) is 12.0 Å². The fraction of sp³-hybridized carbons (Fsp3) is 0.500. The summed E-state index contributed by atoms with van der Waals surface area (Å²) in [5.41, 5.74) is 2.43. The fourth-order valence-electron chi connectivity index (χ4n) is 3.34. The Balaban J connectivity index is 2.17. The van der Waals surface area contributed by atoms with Crippen molar-refractivity contribution in [3.05, 3.63) is 33.1 Å². The molecule has 0 saturated carbocycles. The number of furan rings is 1. The molecular formula is C16H20INO. The second-order valence-electron chi connectivity index (χ2n) is 6.16. The molecule has 3 heteroatoms. The third kappa shape index (κ3) is 2.31. The minimum Gasteiger partial charge on any atom is -0.459 e. The van der Waals surface area contributed by atoms with Crippen molar-refractivity contribution < 1.29 is 4.42 Å². The molecule has 1 aliphatic rings. The first-order valence-electron chi connectivity index (χ1n) is 6.96. The van der Waals surface area contributed by atoms with Gasteiger partial charge in [-0.25, -0.2) is 0 Å². The van der Waals surface area contributed by atoms with Gasteiger partial charge >= 0.3 is 0 Å². The zero-order valence-corrected chi connectivity index (χ0v) is 13.9. The molecular weight excluding hydrogens is 349 g/mol. The van der Waals surface area contributed by atoms with E-state index in [-0.39, 0.29) is 5.54 Å². The van der Waals surface area contributed by atoms with Gasteiger partial charge in [-0.15, -0.1) is 0 Å². The Labute approximate surface area is 128 Å². The van der Waals surface area contributed by atoms with E-state index in [1.807, 2.05) is 0 Å². The van der Waals surface area contributed by atoms with Crippen molar-refractivity contribution >= 4 is 33.6 Å². The van der Waals surface area contributed by atoms with E-state index < -0.39 is 0 Å². The molecule has 3 rings (SSSR count). The van der Waals surface area contributed by atoms with Crippen LogP contribution >= 0.6 is 22.6 Å². The summed E-state index contributed by atoms with van der Waals surface area (Å²) in [7, 11) is 0. The Hall–Kier alpha value is -0.550. The van der Waals surface area contributed by atoms with E-state index in [1.165, 1.54) is 14.5 Å². The summed E-state index contributed by atoms with van der Waals surface area (Å²) in [5.74, 6) is 1.81. The highest BCUT2D eigenvalue weighted by Crippen LogP contribution is 2.39. The van der Waals surface area contributed by atoms with Crippen LogP contribution in [0.3, 0.4) is 0 Å². The quantitative estimate of drug-likeness (QED) is 0.792. The van der Waals surface area contributed by atoms with E-state index in [0.717, 1.165) is 30.7 Å². The monoisotopic (exact) mass is 369 g/mol. The largest absolute Gasteiger partial charge is 0.459 e. The Morgan fingerprint density at radius 3 is 2.95 bits per heavy atom. The normalized spacial score (nSPS) is 23.0. The molecule has 1 N–H and O–H groups in total. The zero-order valence-electron chi connectivity index (χ0n) is 11.7. The summed E-state index contributed by atoms with van der Waals surface area (Å²) in [4.78, 5) is 0. The van der Waals surface area contributed by atoms with Crippen molar-refractivity contribution in [3.8, 4) is 0 Å². The molecule has 102 valence electrons. The summed E-state index contributed by atoms with van der Waals surface area (Å²) in [5, 5.41) is 4.96.